The van der Waals surface area contributed by atoms with Gasteiger partial charge in [-0.15, -0.1) is 0 Å². The quantitative estimate of drug-likeness (QED) is 0.370. The molecule has 0 amide bonds. The molecule has 30 heavy (non-hydrogen) atoms. The predicted molar refractivity (Wildman–Crippen MR) is 118 cm³/mol. The summed E-state index contributed by atoms with van der Waals surface area (Å²) >= 11 is 0. The second-order valence-corrected chi connectivity index (χ2v) is 8.13. The summed E-state index contributed by atoms with van der Waals surface area (Å²) in [5, 5.41) is 8.86. The summed E-state index contributed by atoms with van der Waals surface area (Å²) in [6.07, 6.45) is 3.60. The van der Waals surface area contributed by atoms with E-state index in [0.717, 1.165) is 24.6 Å². The lowest BCUT2D eigenvalue weighted by atomic mass is 10.1. The maximum absolute atomic E-state index is 12.3. The summed E-state index contributed by atoms with van der Waals surface area (Å²) in [6.45, 7) is 7.21. The number of carboxylic acids is 1. The molecule has 0 aliphatic rings. The molecule has 0 radical (unpaired) electrons. The minimum absolute atomic E-state index is 0.410. The second kappa shape index (κ2) is 10.6. The van der Waals surface area contributed by atoms with Crippen molar-refractivity contribution < 1.29 is 19.4 Å². The predicted octanol–water partition coefficient (Wildman–Crippen LogP) is 3.91. The minimum Gasteiger partial charge on any atom is -0.478 e. The highest BCUT2D eigenvalue weighted by molar-refractivity contribution is 5.91. The standard InChI is InChI=1S/C24H30N2O4/c1-24(2,3)30-23(29)19-11-12-20(21(25)16-19)17-26(14-7-10-22(27)28)15-13-18-8-5-4-6-9-18/h4-12,16H,13-15,17,25H2,1-3H3,(H,27,28). The Balaban J connectivity index is 2.10. The van der Waals surface area contributed by atoms with Crippen molar-refractivity contribution in [1.82, 2.24) is 4.90 Å². The number of carboxylic acid groups (broad SMARTS) is 1. The van der Waals surface area contributed by atoms with E-state index in [9.17, 15) is 9.59 Å². The zero-order valence-electron chi connectivity index (χ0n) is 17.8. The van der Waals surface area contributed by atoms with Gasteiger partial charge in [0, 0.05) is 31.4 Å². The van der Waals surface area contributed by atoms with Crippen molar-refractivity contribution in [3.8, 4) is 0 Å². The van der Waals surface area contributed by atoms with Crippen LogP contribution < -0.4 is 5.73 Å². The highest BCUT2D eigenvalue weighted by atomic mass is 16.6. The zero-order chi connectivity index (χ0) is 22.1. The molecule has 0 saturated carbocycles. The van der Waals surface area contributed by atoms with E-state index in [2.05, 4.69) is 17.0 Å². The number of benzene rings is 2. The fraction of sp³-hybridized carbons (Fsp3) is 0.333. The van der Waals surface area contributed by atoms with E-state index >= 15 is 0 Å². The normalized spacial score (nSPS) is 11.7. The number of carbonyl (C=O) groups is 2. The average Bonchev–Trinajstić information content (AvgIpc) is 2.66. The molecule has 0 aliphatic carbocycles. The van der Waals surface area contributed by atoms with Gasteiger partial charge >= 0.3 is 11.9 Å². The van der Waals surface area contributed by atoms with Gasteiger partial charge in [0.25, 0.3) is 0 Å². The van der Waals surface area contributed by atoms with Crippen LogP contribution in [0.3, 0.4) is 0 Å². The van der Waals surface area contributed by atoms with Gasteiger partial charge < -0.3 is 15.6 Å². The molecular weight excluding hydrogens is 380 g/mol. The Morgan fingerprint density at radius 1 is 1.13 bits per heavy atom. The number of hydrogen-bond donors (Lipinski definition) is 2. The molecule has 2 aromatic rings. The van der Waals surface area contributed by atoms with Crippen molar-refractivity contribution in [2.75, 3.05) is 18.8 Å². The Hall–Kier alpha value is -3.12. The van der Waals surface area contributed by atoms with Crippen LogP contribution in [0, 0.1) is 0 Å². The van der Waals surface area contributed by atoms with Crippen LogP contribution in [0.1, 0.15) is 42.3 Å². The molecule has 160 valence electrons. The number of nitrogens with two attached hydrogens (primary N) is 1. The lowest BCUT2D eigenvalue weighted by Crippen LogP contribution is -2.27. The Kier molecular flexibility index (Phi) is 8.18. The van der Waals surface area contributed by atoms with Crippen LogP contribution in [0.5, 0.6) is 0 Å². The molecule has 0 aliphatic heterocycles. The molecule has 0 fully saturated rings. The maximum atomic E-state index is 12.3. The van der Waals surface area contributed by atoms with E-state index in [0.29, 0.717) is 24.3 Å². The van der Waals surface area contributed by atoms with Gasteiger partial charge in [-0.3, -0.25) is 4.90 Å². The molecule has 0 heterocycles. The first-order valence-corrected chi connectivity index (χ1v) is 9.91. The Bertz CT molecular complexity index is 886. The van der Waals surface area contributed by atoms with E-state index in [-0.39, 0.29) is 0 Å². The molecule has 3 N–H and O–H groups in total. The number of ether oxygens (including phenoxy) is 1. The number of carbonyl (C=O) groups excluding carboxylic acids is 1. The lowest BCUT2D eigenvalue weighted by Gasteiger charge is -2.22. The molecule has 6 nitrogen and oxygen atoms in total. The molecule has 0 unspecified atom stereocenters. The van der Waals surface area contributed by atoms with E-state index in [1.54, 1.807) is 18.2 Å². The van der Waals surface area contributed by atoms with Crippen molar-refractivity contribution in [3.05, 3.63) is 77.4 Å². The summed E-state index contributed by atoms with van der Waals surface area (Å²) < 4.78 is 5.39. The van der Waals surface area contributed by atoms with Crippen LogP contribution in [-0.4, -0.2) is 40.6 Å². The van der Waals surface area contributed by atoms with E-state index in [1.807, 2.05) is 45.0 Å². The Labute approximate surface area is 178 Å². The van der Waals surface area contributed by atoms with Gasteiger partial charge in [0.05, 0.1) is 5.56 Å². The number of nitrogens with zero attached hydrogens (tertiary/aromatic N) is 1. The first-order valence-electron chi connectivity index (χ1n) is 9.91. The number of anilines is 1. The highest BCUT2D eigenvalue weighted by Gasteiger charge is 2.19. The topological polar surface area (TPSA) is 92.9 Å². The largest absolute Gasteiger partial charge is 0.478 e. The summed E-state index contributed by atoms with van der Waals surface area (Å²) in [5.74, 6) is -1.38. The Morgan fingerprint density at radius 3 is 2.43 bits per heavy atom. The second-order valence-electron chi connectivity index (χ2n) is 8.13. The number of hydrogen-bond acceptors (Lipinski definition) is 5. The smallest absolute Gasteiger partial charge is 0.338 e. The summed E-state index contributed by atoms with van der Waals surface area (Å²) in [7, 11) is 0. The summed E-state index contributed by atoms with van der Waals surface area (Å²) in [5.41, 5.74) is 8.63. The molecule has 2 aromatic carbocycles. The third-order valence-electron chi connectivity index (χ3n) is 4.36. The van der Waals surface area contributed by atoms with Gasteiger partial charge in [-0.2, -0.15) is 0 Å². The highest BCUT2D eigenvalue weighted by Crippen LogP contribution is 2.19. The fourth-order valence-electron chi connectivity index (χ4n) is 2.91. The van der Waals surface area contributed by atoms with Gasteiger partial charge in [-0.1, -0.05) is 42.5 Å². The molecule has 0 saturated heterocycles. The van der Waals surface area contributed by atoms with Crippen molar-refractivity contribution in [1.29, 1.82) is 0 Å². The number of rotatable bonds is 9. The Morgan fingerprint density at radius 2 is 1.83 bits per heavy atom. The molecular formula is C24H30N2O4. The van der Waals surface area contributed by atoms with Crippen molar-refractivity contribution >= 4 is 17.6 Å². The van der Waals surface area contributed by atoms with Crippen LogP contribution in [0.2, 0.25) is 0 Å². The molecule has 0 bridgehead atoms. The molecule has 6 heteroatoms. The summed E-state index contributed by atoms with van der Waals surface area (Å²) in [6, 6.07) is 15.3. The van der Waals surface area contributed by atoms with Crippen LogP contribution in [0.15, 0.2) is 60.7 Å². The lowest BCUT2D eigenvalue weighted by molar-refractivity contribution is -0.131. The number of nitrogen functional groups attached to an aromatic ring is 1. The number of esters is 1. The molecule has 0 aromatic heterocycles. The summed E-state index contributed by atoms with van der Waals surface area (Å²) in [4.78, 5) is 25.2. The first-order chi connectivity index (χ1) is 14.1. The minimum atomic E-state index is -0.973. The third kappa shape index (κ3) is 8.09. The maximum Gasteiger partial charge on any atom is 0.338 e. The SMILES string of the molecule is CC(C)(C)OC(=O)c1ccc(CN(CC=CC(=O)O)CCc2ccccc2)c(N)c1. The first kappa shape index (κ1) is 23.2. The van der Waals surface area contributed by atoms with Gasteiger partial charge in [0.2, 0.25) is 0 Å². The fourth-order valence-corrected chi connectivity index (χ4v) is 2.91. The van der Waals surface area contributed by atoms with E-state index < -0.39 is 17.5 Å². The molecule has 0 spiro atoms. The van der Waals surface area contributed by atoms with Gasteiger partial charge in [-0.05, 0) is 50.5 Å². The molecule has 2 rings (SSSR count). The van der Waals surface area contributed by atoms with Gasteiger partial charge in [0.15, 0.2) is 0 Å². The monoisotopic (exact) mass is 410 g/mol. The van der Waals surface area contributed by atoms with Crippen LogP contribution in [0.4, 0.5) is 5.69 Å². The molecule has 0 atom stereocenters. The van der Waals surface area contributed by atoms with E-state index in [1.165, 1.54) is 5.56 Å². The van der Waals surface area contributed by atoms with Gasteiger partial charge in [0.1, 0.15) is 5.60 Å². The van der Waals surface area contributed by atoms with Crippen molar-refractivity contribution in [2.24, 2.45) is 0 Å². The van der Waals surface area contributed by atoms with E-state index in [4.69, 9.17) is 15.6 Å². The van der Waals surface area contributed by atoms with Gasteiger partial charge in [-0.25, -0.2) is 9.59 Å². The van der Waals surface area contributed by atoms with Crippen LogP contribution in [-0.2, 0) is 22.5 Å². The number of aliphatic carboxylic acids is 1. The van der Waals surface area contributed by atoms with Crippen molar-refractivity contribution in [2.45, 2.75) is 39.3 Å². The van der Waals surface area contributed by atoms with Crippen LogP contribution >= 0.6 is 0 Å². The van der Waals surface area contributed by atoms with Crippen molar-refractivity contribution in [3.63, 3.8) is 0 Å². The average molecular weight is 411 g/mol. The zero-order valence-corrected chi connectivity index (χ0v) is 17.8. The third-order valence-corrected chi connectivity index (χ3v) is 4.36. The van der Waals surface area contributed by atoms with Crippen LogP contribution in [0.25, 0.3) is 0 Å².